The third kappa shape index (κ3) is 18.0. The summed E-state index contributed by atoms with van der Waals surface area (Å²) in [5.41, 5.74) is 0. The fourth-order valence-electron chi connectivity index (χ4n) is 1.82. The molecule has 0 aromatic heterocycles. The topological polar surface area (TPSA) is 66.8 Å². The number of carboxylic acid groups (broad SMARTS) is 1. The van der Waals surface area contributed by atoms with Crippen LogP contribution in [0.4, 0.5) is 0 Å². The maximum atomic E-state index is 10.3. The average Bonchev–Trinajstić information content (AvgIpc) is 2.63. The molecule has 0 aliphatic heterocycles. The van der Waals surface area contributed by atoms with Crippen LogP contribution in [0, 0.1) is 11.8 Å². The largest absolute Gasteiger partial charge is 0.481 e. The Labute approximate surface area is 157 Å². The number of carbonyl (C=O) groups is 1. The summed E-state index contributed by atoms with van der Waals surface area (Å²) in [6, 6.07) is 0. The molecule has 0 aliphatic carbocycles. The number of carboxylic acids is 1. The molecule has 0 rings (SSSR count). The summed E-state index contributed by atoms with van der Waals surface area (Å²) in [7, 11) is 0. The highest BCUT2D eigenvalue weighted by Gasteiger charge is 1.99. The van der Waals surface area contributed by atoms with Crippen molar-refractivity contribution in [2.45, 2.75) is 58.0 Å². The summed E-state index contributed by atoms with van der Waals surface area (Å²) < 4.78 is 0. The highest BCUT2D eigenvalue weighted by Crippen LogP contribution is 2.01. The van der Waals surface area contributed by atoms with Crippen LogP contribution in [-0.2, 0) is 9.68 Å². The Morgan fingerprint density at radius 1 is 1.00 bits per heavy atom. The first kappa shape index (κ1) is 23.6. The van der Waals surface area contributed by atoms with Gasteiger partial charge in [0.1, 0.15) is 6.10 Å². The van der Waals surface area contributed by atoms with Crippen molar-refractivity contribution in [1.82, 2.24) is 0 Å². The van der Waals surface area contributed by atoms with Crippen molar-refractivity contribution in [3.05, 3.63) is 60.8 Å². The van der Waals surface area contributed by atoms with Gasteiger partial charge in [-0.25, -0.2) is 4.89 Å². The van der Waals surface area contributed by atoms with Gasteiger partial charge in [0.25, 0.3) is 0 Å². The molecule has 4 nitrogen and oxygen atoms in total. The molecule has 0 amide bonds. The molecule has 0 bridgehead atoms. The molecule has 0 heterocycles. The molecule has 0 aliphatic rings. The van der Waals surface area contributed by atoms with Gasteiger partial charge in [-0.1, -0.05) is 73.6 Å². The first-order valence-corrected chi connectivity index (χ1v) is 8.96. The lowest BCUT2D eigenvalue weighted by Crippen LogP contribution is -2.04. The van der Waals surface area contributed by atoms with E-state index in [-0.39, 0.29) is 12.5 Å². The third-order valence-corrected chi connectivity index (χ3v) is 3.17. The summed E-state index contributed by atoms with van der Waals surface area (Å²) in [5, 5.41) is 17.3. The van der Waals surface area contributed by atoms with Crippen LogP contribution in [0.1, 0.15) is 51.9 Å². The van der Waals surface area contributed by atoms with Crippen LogP contribution < -0.4 is 0 Å². The first-order valence-electron chi connectivity index (χ1n) is 8.96. The fraction of sp³-hybridized carbons (Fsp3) is 0.409. The minimum atomic E-state index is -0.810. The number of hydrogen-bond donors (Lipinski definition) is 2. The van der Waals surface area contributed by atoms with Gasteiger partial charge in [-0.15, -0.1) is 5.92 Å². The zero-order valence-corrected chi connectivity index (χ0v) is 15.5. The summed E-state index contributed by atoms with van der Waals surface area (Å²) in [5.74, 6) is 4.94. The van der Waals surface area contributed by atoms with E-state index in [1.165, 1.54) is 0 Å². The smallest absolute Gasteiger partial charge is 0.304 e. The van der Waals surface area contributed by atoms with Gasteiger partial charge in [-0.2, -0.15) is 0 Å². The molecule has 1 atom stereocenters. The van der Waals surface area contributed by atoms with Gasteiger partial charge in [0, 0.05) is 12.8 Å². The quantitative estimate of drug-likeness (QED) is 0.151. The molecular formula is C22H30O4. The second-order valence-corrected chi connectivity index (χ2v) is 5.44. The van der Waals surface area contributed by atoms with Gasteiger partial charge < -0.3 is 5.11 Å². The van der Waals surface area contributed by atoms with E-state index in [0.29, 0.717) is 19.3 Å². The molecule has 4 heteroatoms. The molecule has 2 N–H and O–H groups in total. The Bertz CT molecular complexity index is 556. The monoisotopic (exact) mass is 358 g/mol. The molecular weight excluding hydrogens is 328 g/mol. The molecule has 0 aromatic carbocycles. The molecule has 142 valence electrons. The minimum absolute atomic E-state index is 0.103. The lowest BCUT2D eigenvalue weighted by atomic mass is 10.2. The van der Waals surface area contributed by atoms with E-state index >= 15 is 0 Å². The van der Waals surface area contributed by atoms with Gasteiger partial charge in [0.15, 0.2) is 0 Å². The summed E-state index contributed by atoms with van der Waals surface area (Å²) in [6.45, 7) is 2.06. The summed E-state index contributed by atoms with van der Waals surface area (Å²) in [4.78, 5) is 14.7. The Balaban J connectivity index is 3.80. The Kier molecular flexibility index (Phi) is 17.3. The van der Waals surface area contributed by atoms with Crippen molar-refractivity contribution >= 4 is 5.97 Å². The van der Waals surface area contributed by atoms with Crippen LogP contribution in [0.5, 0.6) is 0 Å². The molecule has 0 unspecified atom stereocenters. The minimum Gasteiger partial charge on any atom is -0.481 e. The van der Waals surface area contributed by atoms with Gasteiger partial charge in [-0.05, 0) is 25.7 Å². The molecule has 0 aromatic rings. The average molecular weight is 358 g/mol. The van der Waals surface area contributed by atoms with Crippen LogP contribution in [0.2, 0.25) is 0 Å². The number of hydrogen-bond acceptors (Lipinski definition) is 3. The SMILES string of the molecule is CCC=CC[C@@H](C=CC=CCC=CCC=CCC#CCCC(=O)O)OO. The standard InChI is InChI=1S/C22H30O4/c1-2-3-15-18-21(26-25)19-16-13-11-9-7-5-4-6-8-10-12-14-17-20-22(23)24/h3,5-8,11,13,15-16,19,21,25H,2,4,9-10,17-18,20H2,1H3,(H,23,24)/t21-/m0/s1. The second-order valence-electron chi connectivity index (χ2n) is 5.44. The van der Waals surface area contributed by atoms with E-state index in [4.69, 9.17) is 10.4 Å². The molecule has 0 spiro atoms. The van der Waals surface area contributed by atoms with Crippen LogP contribution in [0.25, 0.3) is 0 Å². The third-order valence-electron chi connectivity index (χ3n) is 3.17. The van der Waals surface area contributed by atoms with Crippen LogP contribution >= 0.6 is 0 Å². The normalized spacial score (nSPS) is 13.3. The van der Waals surface area contributed by atoms with Crippen LogP contribution in [0.15, 0.2) is 60.8 Å². The predicted molar refractivity (Wildman–Crippen MR) is 107 cm³/mol. The van der Waals surface area contributed by atoms with Crippen LogP contribution in [-0.4, -0.2) is 22.4 Å². The van der Waals surface area contributed by atoms with Crippen molar-refractivity contribution in [1.29, 1.82) is 0 Å². The van der Waals surface area contributed by atoms with E-state index < -0.39 is 5.97 Å². The van der Waals surface area contributed by atoms with Crippen molar-refractivity contribution in [2.24, 2.45) is 0 Å². The van der Waals surface area contributed by atoms with Gasteiger partial charge in [0.2, 0.25) is 0 Å². The second kappa shape index (κ2) is 19.0. The highest BCUT2D eigenvalue weighted by molar-refractivity contribution is 5.66. The maximum absolute atomic E-state index is 10.3. The van der Waals surface area contributed by atoms with E-state index in [2.05, 4.69) is 35.8 Å². The lowest BCUT2D eigenvalue weighted by Gasteiger charge is -2.03. The van der Waals surface area contributed by atoms with Crippen LogP contribution in [0.3, 0.4) is 0 Å². The highest BCUT2D eigenvalue weighted by atomic mass is 17.1. The summed E-state index contributed by atoms with van der Waals surface area (Å²) in [6.07, 6.45) is 24.1. The van der Waals surface area contributed by atoms with E-state index in [1.807, 2.05) is 48.6 Å². The van der Waals surface area contributed by atoms with E-state index in [1.54, 1.807) is 0 Å². The van der Waals surface area contributed by atoms with E-state index in [9.17, 15) is 4.79 Å². The fourth-order valence-corrected chi connectivity index (χ4v) is 1.82. The Morgan fingerprint density at radius 3 is 2.42 bits per heavy atom. The lowest BCUT2D eigenvalue weighted by molar-refractivity contribution is -0.264. The molecule has 0 fully saturated rings. The zero-order valence-electron chi connectivity index (χ0n) is 15.5. The van der Waals surface area contributed by atoms with Gasteiger partial charge in [0.05, 0.1) is 6.42 Å². The Hall–Kier alpha value is -2.35. The Morgan fingerprint density at radius 2 is 1.73 bits per heavy atom. The van der Waals surface area contributed by atoms with Gasteiger partial charge in [-0.3, -0.25) is 10.1 Å². The molecule has 0 radical (unpaired) electrons. The van der Waals surface area contributed by atoms with E-state index in [0.717, 1.165) is 19.3 Å². The van der Waals surface area contributed by atoms with Crippen molar-refractivity contribution in [2.75, 3.05) is 0 Å². The first-order chi connectivity index (χ1) is 12.7. The number of aliphatic carboxylic acids is 1. The van der Waals surface area contributed by atoms with Crippen molar-refractivity contribution in [3.63, 3.8) is 0 Å². The van der Waals surface area contributed by atoms with Gasteiger partial charge >= 0.3 is 5.97 Å². The summed E-state index contributed by atoms with van der Waals surface area (Å²) >= 11 is 0. The van der Waals surface area contributed by atoms with Crippen molar-refractivity contribution in [3.8, 4) is 11.8 Å². The molecule has 26 heavy (non-hydrogen) atoms. The molecule has 0 saturated carbocycles. The molecule has 0 saturated heterocycles. The predicted octanol–water partition coefficient (Wildman–Crippen LogP) is 5.46. The zero-order chi connectivity index (χ0) is 19.3. The van der Waals surface area contributed by atoms with Crippen molar-refractivity contribution < 1.29 is 20.0 Å². The maximum Gasteiger partial charge on any atom is 0.304 e. The number of allylic oxidation sites excluding steroid dienone is 8. The number of rotatable bonds is 13.